The van der Waals surface area contributed by atoms with Crippen LogP contribution in [-0.4, -0.2) is 5.71 Å². The van der Waals surface area contributed by atoms with Gasteiger partial charge in [0.05, 0.1) is 0 Å². The largest absolute Gasteiger partial charge is 0.262 e. The number of allylic oxidation sites excluding steroid dienone is 3. The van der Waals surface area contributed by atoms with E-state index in [0.29, 0.717) is 0 Å². The van der Waals surface area contributed by atoms with Gasteiger partial charge in [0.2, 0.25) is 0 Å². The maximum Gasteiger partial charge on any atom is 0.0438 e. The third-order valence-corrected chi connectivity index (χ3v) is 2.77. The molecule has 1 aliphatic carbocycles. The van der Waals surface area contributed by atoms with Crippen molar-refractivity contribution in [1.82, 2.24) is 0 Å². The van der Waals surface area contributed by atoms with Crippen LogP contribution in [0.25, 0.3) is 0 Å². The van der Waals surface area contributed by atoms with E-state index in [1.807, 2.05) is 6.08 Å². The second-order valence-electron chi connectivity index (χ2n) is 4.96. The van der Waals surface area contributed by atoms with Gasteiger partial charge >= 0.3 is 0 Å². The maximum atomic E-state index is 4.36. The van der Waals surface area contributed by atoms with E-state index in [9.17, 15) is 0 Å². The number of hydrogen-bond acceptors (Lipinski definition) is 1. The van der Waals surface area contributed by atoms with Gasteiger partial charge in [0.25, 0.3) is 0 Å². The molecule has 1 saturated carbocycles. The molecular weight excluding hydrogens is 182 g/mol. The van der Waals surface area contributed by atoms with Crippen molar-refractivity contribution in [2.75, 3.05) is 0 Å². The molecule has 0 bridgehead atoms. The van der Waals surface area contributed by atoms with E-state index in [0.717, 1.165) is 12.8 Å². The van der Waals surface area contributed by atoms with Gasteiger partial charge in [-0.25, -0.2) is 0 Å². The highest BCUT2D eigenvalue weighted by Gasteiger charge is 2.24. The molecule has 0 unspecified atom stereocenters. The van der Waals surface area contributed by atoms with Crippen LogP contribution in [0.5, 0.6) is 0 Å². The Kier molecular flexibility index (Phi) is 3.67. The molecule has 0 amide bonds. The van der Waals surface area contributed by atoms with Gasteiger partial charge in [-0.3, -0.25) is 4.99 Å². The molecule has 82 valence electrons. The van der Waals surface area contributed by atoms with Crippen LogP contribution in [0.15, 0.2) is 41.6 Å². The topological polar surface area (TPSA) is 12.4 Å². The van der Waals surface area contributed by atoms with Crippen molar-refractivity contribution in [3.63, 3.8) is 0 Å². The molecule has 1 rings (SSSR count). The Labute approximate surface area is 93.3 Å². The first-order valence-electron chi connectivity index (χ1n) is 5.54. The summed E-state index contributed by atoms with van der Waals surface area (Å²) in [5.41, 5.74) is 4.08. The molecule has 0 radical (unpaired) electrons. The first-order valence-corrected chi connectivity index (χ1v) is 5.54. The molecule has 1 fully saturated rings. The van der Waals surface area contributed by atoms with Crippen molar-refractivity contribution in [2.24, 2.45) is 10.4 Å². The van der Waals surface area contributed by atoms with Crippen LogP contribution < -0.4 is 0 Å². The minimum absolute atomic E-state index is 0.156. The number of hydrogen-bond donors (Lipinski definition) is 0. The molecule has 0 N–H and O–H groups in total. The van der Waals surface area contributed by atoms with E-state index < -0.39 is 0 Å². The van der Waals surface area contributed by atoms with Crippen molar-refractivity contribution in [1.29, 1.82) is 0 Å². The van der Waals surface area contributed by atoms with Crippen LogP contribution in [-0.2, 0) is 0 Å². The lowest BCUT2D eigenvalue weighted by atomic mass is 9.82. The highest BCUT2D eigenvalue weighted by molar-refractivity contribution is 6.03. The fourth-order valence-corrected chi connectivity index (χ4v) is 2.15. The molecule has 0 saturated heterocycles. The second kappa shape index (κ2) is 4.61. The molecular formula is C14H21N. The molecule has 1 nitrogen and oxygen atoms in total. The lowest BCUT2D eigenvalue weighted by molar-refractivity contribution is 0.513. The highest BCUT2D eigenvalue weighted by Crippen LogP contribution is 2.35. The Morgan fingerprint density at radius 2 is 1.93 bits per heavy atom. The molecule has 0 heterocycles. The number of rotatable bonds is 2. The van der Waals surface area contributed by atoms with Gasteiger partial charge < -0.3 is 0 Å². The van der Waals surface area contributed by atoms with Crippen LogP contribution in [0.2, 0.25) is 0 Å². The van der Waals surface area contributed by atoms with Crippen molar-refractivity contribution in [3.05, 3.63) is 36.6 Å². The molecule has 0 spiro atoms. The molecule has 0 atom stereocenters. The lowest BCUT2D eigenvalue weighted by Gasteiger charge is -2.23. The number of nitrogens with zero attached hydrogens (tertiary/aromatic N) is 1. The van der Waals surface area contributed by atoms with Crippen LogP contribution >= 0.6 is 0 Å². The Morgan fingerprint density at radius 3 is 2.40 bits per heavy atom. The normalized spacial score (nSPS) is 23.0. The standard InChI is InChI=1S/C14H21N/c1-6-12(14(3,4)5)11-9-8-10-13(11)15-7-2/h6-7H,1-2,8-10H2,3-5H3/b12-11+,15-13?. The van der Waals surface area contributed by atoms with Crippen molar-refractivity contribution < 1.29 is 0 Å². The molecule has 0 aromatic heterocycles. The molecule has 0 aromatic rings. The minimum Gasteiger partial charge on any atom is -0.262 e. The summed E-state index contributed by atoms with van der Waals surface area (Å²) in [6, 6.07) is 0. The zero-order chi connectivity index (χ0) is 11.5. The summed E-state index contributed by atoms with van der Waals surface area (Å²) in [4.78, 5) is 4.36. The summed E-state index contributed by atoms with van der Waals surface area (Å²) < 4.78 is 0. The average molecular weight is 203 g/mol. The fraction of sp³-hybridized carbons (Fsp3) is 0.500. The SMILES string of the molecule is C=CN=C1CCC/C1=C(/C=C)C(C)(C)C. The predicted molar refractivity (Wildman–Crippen MR) is 68.2 cm³/mol. The van der Waals surface area contributed by atoms with Crippen molar-refractivity contribution in [2.45, 2.75) is 40.0 Å². The summed E-state index contributed by atoms with van der Waals surface area (Å²) in [6.07, 6.45) is 7.04. The van der Waals surface area contributed by atoms with E-state index in [1.54, 1.807) is 6.20 Å². The van der Waals surface area contributed by atoms with Gasteiger partial charge in [0, 0.05) is 11.9 Å². The van der Waals surface area contributed by atoms with E-state index in [2.05, 4.69) is 38.9 Å². The highest BCUT2D eigenvalue weighted by atomic mass is 14.7. The van der Waals surface area contributed by atoms with Gasteiger partial charge in [0.15, 0.2) is 0 Å². The van der Waals surface area contributed by atoms with E-state index in [-0.39, 0.29) is 5.41 Å². The maximum absolute atomic E-state index is 4.36. The van der Waals surface area contributed by atoms with E-state index in [4.69, 9.17) is 0 Å². The summed E-state index contributed by atoms with van der Waals surface area (Å²) in [5, 5.41) is 0. The third kappa shape index (κ3) is 2.68. The van der Waals surface area contributed by atoms with Gasteiger partial charge in [-0.15, -0.1) is 0 Å². The molecule has 1 aliphatic rings. The molecule has 15 heavy (non-hydrogen) atoms. The first-order chi connectivity index (χ1) is 7.00. The summed E-state index contributed by atoms with van der Waals surface area (Å²) >= 11 is 0. The van der Waals surface area contributed by atoms with Crippen LogP contribution in [0.1, 0.15) is 40.0 Å². The van der Waals surface area contributed by atoms with E-state index >= 15 is 0 Å². The van der Waals surface area contributed by atoms with Crippen LogP contribution in [0.4, 0.5) is 0 Å². The van der Waals surface area contributed by atoms with Crippen molar-refractivity contribution in [3.8, 4) is 0 Å². The molecule has 1 heteroatoms. The Bertz CT molecular complexity index is 324. The second-order valence-corrected chi connectivity index (χ2v) is 4.96. The summed E-state index contributed by atoms with van der Waals surface area (Å²) in [6.45, 7) is 14.3. The fourth-order valence-electron chi connectivity index (χ4n) is 2.15. The smallest absolute Gasteiger partial charge is 0.0438 e. The minimum atomic E-state index is 0.156. The average Bonchev–Trinajstić information content (AvgIpc) is 2.53. The molecule has 0 aromatic carbocycles. The Balaban J connectivity index is 3.21. The van der Waals surface area contributed by atoms with E-state index in [1.165, 1.54) is 23.3 Å². The van der Waals surface area contributed by atoms with Gasteiger partial charge in [-0.1, -0.05) is 40.0 Å². The zero-order valence-corrected chi connectivity index (χ0v) is 10.1. The van der Waals surface area contributed by atoms with Crippen LogP contribution in [0.3, 0.4) is 0 Å². The predicted octanol–water partition coefficient (Wildman–Crippen LogP) is 4.28. The monoisotopic (exact) mass is 203 g/mol. The number of aliphatic imine (C=N–C) groups is 1. The quantitative estimate of drug-likeness (QED) is 0.635. The lowest BCUT2D eigenvalue weighted by Crippen LogP contribution is -2.12. The van der Waals surface area contributed by atoms with Gasteiger partial charge in [-0.2, -0.15) is 0 Å². The van der Waals surface area contributed by atoms with Gasteiger partial charge in [-0.05, 0) is 35.8 Å². The van der Waals surface area contributed by atoms with Gasteiger partial charge in [0.1, 0.15) is 0 Å². The first kappa shape index (κ1) is 12.0. The molecule has 0 aliphatic heterocycles. The third-order valence-electron chi connectivity index (χ3n) is 2.77. The van der Waals surface area contributed by atoms with Crippen LogP contribution in [0, 0.1) is 5.41 Å². The Morgan fingerprint density at radius 1 is 1.27 bits per heavy atom. The summed E-state index contributed by atoms with van der Waals surface area (Å²) in [7, 11) is 0. The summed E-state index contributed by atoms with van der Waals surface area (Å²) in [5.74, 6) is 0. The zero-order valence-electron chi connectivity index (χ0n) is 10.1. The van der Waals surface area contributed by atoms with Crippen molar-refractivity contribution >= 4 is 5.71 Å². The Hall–Kier alpha value is -1.11.